The maximum atomic E-state index is 3.74. The Labute approximate surface area is 451 Å². The van der Waals surface area contributed by atoms with Crippen LogP contribution in [0, 0.1) is 0 Å². The van der Waals surface area contributed by atoms with Gasteiger partial charge in [-0.1, -0.05) is 190 Å². The molecule has 6 bridgehead atoms. The lowest BCUT2D eigenvalue weighted by Crippen LogP contribution is -2.21. The minimum absolute atomic E-state index is 0.193. The molecule has 0 aromatic heterocycles. The summed E-state index contributed by atoms with van der Waals surface area (Å²) < 4.78 is 0. The molecular weight excluding hydrogens is 931 g/mol. The van der Waals surface area contributed by atoms with Crippen LogP contribution < -0.4 is 14.7 Å². The molecule has 3 heteroatoms. The molecule has 11 aromatic rings. The zero-order chi connectivity index (χ0) is 51.6. The van der Waals surface area contributed by atoms with E-state index in [4.69, 9.17) is 0 Å². The van der Waals surface area contributed by atoms with Crippen molar-refractivity contribution in [3.63, 3.8) is 0 Å². The van der Waals surface area contributed by atoms with Crippen LogP contribution >= 0.6 is 0 Å². The second kappa shape index (κ2) is 18.6. The summed E-state index contributed by atoms with van der Waals surface area (Å²) in [5, 5.41) is 7.23. The normalized spacial score (nSPS) is 14.0. The summed E-state index contributed by atoms with van der Waals surface area (Å²) >= 11 is 0. The van der Waals surface area contributed by atoms with Crippen LogP contribution in [0.2, 0.25) is 0 Å². The van der Waals surface area contributed by atoms with Crippen LogP contribution in [-0.4, -0.2) is 0 Å². The summed E-state index contributed by atoms with van der Waals surface area (Å²) in [7, 11) is 0. The van der Waals surface area contributed by atoms with Gasteiger partial charge in [0, 0.05) is 72.7 Å². The van der Waals surface area contributed by atoms with Crippen molar-refractivity contribution in [2.75, 3.05) is 14.7 Å². The van der Waals surface area contributed by atoms with Gasteiger partial charge in [0.15, 0.2) is 0 Å². The molecule has 0 radical (unpaired) electrons. The molecule has 3 nitrogen and oxygen atoms in total. The molecule has 0 fully saturated rings. The number of hydrogen-bond acceptors (Lipinski definition) is 3. The lowest BCUT2D eigenvalue weighted by atomic mass is 9.74. The van der Waals surface area contributed by atoms with Crippen molar-refractivity contribution in [3.05, 3.63) is 283 Å². The zero-order valence-electron chi connectivity index (χ0n) is 43.5. The second-order valence-corrected chi connectivity index (χ2v) is 21.4. The van der Waals surface area contributed by atoms with Crippen molar-refractivity contribution in [1.82, 2.24) is 0 Å². The fraction of sp³-hybridized carbons (Fsp3) is 0.0811. The molecule has 1 aliphatic heterocycles. The lowest BCUT2D eigenvalue weighted by Gasteiger charge is -2.37. The van der Waals surface area contributed by atoms with Crippen LogP contribution in [0.15, 0.2) is 272 Å². The average Bonchev–Trinajstić information content (AvgIpc) is 3.60. The minimum Gasteiger partial charge on any atom is -0.313 e. The predicted molar refractivity (Wildman–Crippen MR) is 327 cm³/mol. The monoisotopic (exact) mass is 985 g/mol. The molecule has 0 spiro atoms. The molecule has 0 saturated heterocycles. The first kappa shape index (κ1) is 46.0. The molecule has 0 unspecified atom stereocenters. The lowest BCUT2D eigenvalue weighted by molar-refractivity contribution is 0.592. The Bertz CT molecular complexity index is 4300. The van der Waals surface area contributed by atoms with Gasteiger partial charge >= 0.3 is 0 Å². The topological polar surface area (TPSA) is 9.72 Å². The third kappa shape index (κ3) is 7.75. The number of fused-ring (bicyclic) bond motifs is 8. The van der Waals surface area contributed by atoms with Gasteiger partial charge in [-0.3, -0.25) is 0 Å². The standard InChI is InChI=1S/C74H55N3/c1-74(2,3)54-45-62-66(50-27-11-4-12-28-50)68(52-31-15-6-16-32-52)71-64-49-65(72-69(53-33-17-7-18-34-53)67(51-29-13-5-14-30-51)63(46-54)70(62)73(71)72)77(57-39-23-10-24-40-57)61-44-26-42-59(48-61)75(55-35-19-8-20-36-55)58-41-25-43-60(47-58)76(64)56-37-21-9-22-38-56/h4-17,19-23,25-33,35-39,41-49H,24,40H2,1-3H3. The molecule has 2 aliphatic carbocycles. The van der Waals surface area contributed by atoms with Crippen LogP contribution in [0.25, 0.3) is 71.3 Å². The number of para-hydroxylation sites is 2. The Hall–Kier alpha value is -9.62. The summed E-state index contributed by atoms with van der Waals surface area (Å²) in [5.41, 5.74) is 27.2. The molecule has 0 atom stereocenters. The number of benzene rings is 11. The number of hydrogen-bond donors (Lipinski definition) is 0. The van der Waals surface area contributed by atoms with E-state index in [1.54, 1.807) is 0 Å². The first-order valence-electron chi connectivity index (χ1n) is 26.9. The molecule has 1 heterocycles. The summed E-state index contributed by atoms with van der Waals surface area (Å²) in [4.78, 5) is 7.54. The van der Waals surface area contributed by atoms with E-state index in [0.29, 0.717) is 0 Å². The van der Waals surface area contributed by atoms with Crippen LogP contribution in [0.5, 0.6) is 0 Å². The Morgan fingerprint density at radius 1 is 0.403 bits per heavy atom. The van der Waals surface area contributed by atoms with Crippen molar-refractivity contribution < 1.29 is 0 Å². The first-order chi connectivity index (χ1) is 37.9. The maximum Gasteiger partial charge on any atom is 0.0568 e. The van der Waals surface area contributed by atoms with Crippen molar-refractivity contribution >= 4 is 83.4 Å². The summed E-state index contributed by atoms with van der Waals surface area (Å²) in [6.45, 7) is 7.06. The highest BCUT2D eigenvalue weighted by molar-refractivity contribution is 6.39. The molecular formula is C74H55N3. The van der Waals surface area contributed by atoms with E-state index in [9.17, 15) is 0 Å². The highest BCUT2D eigenvalue weighted by Crippen LogP contribution is 2.60. The molecule has 0 saturated carbocycles. The molecule has 0 amide bonds. The fourth-order valence-corrected chi connectivity index (χ4v) is 12.3. The Balaban J connectivity index is 1.33. The van der Waals surface area contributed by atoms with E-state index in [0.717, 1.165) is 86.0 Å². The van der Waals surface area contributed by atoms with Crippen molar-refractivity contribution in [3.8, 4) is 33.4 Å². The van der Waals surface area contributed by atoms with Gasteiger partial charge in [-0.15, -0.1) is 0 Å². The van der Waals surface area contributed by atoms with E-state index >= 15 is 0 Å². The summed E-state index contributed by atoms with van der Waals surface area (Å²) in [6.07, 6.45) is 15.0. The van der Waals surface area contributed by atoms with Gasteiger partial charge < -0.3 is 14.7 Å². The average molecular weight is 986 g/mol. The summed E-state index contributed by atoms with van der Waals surface area (Å²) in [6, 6.07) is 81.2. The van der Waals surface area contributed by atoms with Gasteiger partial charge in [0.25, 0.3) is 0 Å². The number of allylic oxidation sites excluding steroid dienone is 8. The molecule has 11 aromatic carbocycles. The van der Waals surface area contributed by atoms with Gasteiger partial charge in [-0.25, -0.2) is 0 Å². The zero-order valence-corrected chi connectivity index (χ0v) is 43.5. The van der Waals surface area contributed by atoms with Crippen LogP contribution in [0.3, 0.4) is 0 Å². The highest BCUT2D eigenvalue weighted by atomic mass is 15.2. The third-order valence-electron chi connectivity index (χ3n) is 15.7. The smallest absolute Gasteiger partial charge is 0.0568 e. The molecule has 0 N–H and O–H groups in total. The van der Waals surface area contributed by atoms with E-state index in [-0.39, 0.29) is 5.41 Å². The van der Waals surface area contributed by atoms with E-state index in [1.807, 2.05) is 6.08 Å². The van der Waals surface area contributed by atoms with Crippen LogP contribution in [-0.2, 0) is 5.41 Å². The predicted octanol–water partition coefficient (Wildman–Crippen LogP) is 20.8. The van der Waals surface area contributed by atoms with Gasteiger partial charge in [-0.2, -0.15) is 0 Å². The van der Waals surface area contributed by atoms with E-state index in [2.05, 4.69) is 296 Å². The fourth-order valence-electron chi connectivity index (χ4n) is 12.3. The summed E-state index contributed by atoms with van der Waals surface area (Å²) in [5.74, 6) is 0. The van der Waals surface area contributed by atoms with Crippen LogP contribution in [0.1, 0.15) is 44.7 Å². The van der Waals surface area contributed by atoms with Gasteiger partial charge in [-0.05, 0) is 165 Å². The van der Waals surface area contributed by atoms with Gasteiger partial charge in [0.05, 0.1) is 11.4 Å². The van der Waals surface area contributed by atoms with Crippen molar-refractivity contribution in [2.24, 2.45) is 0 Å². The van der Waals surface area contributed by atoms with E-state index in [1.165, 1.54) is 60.4 Å². The Morgan fingerprint density at radius 3 is 1.39 bits per heavy atom. The van der Waals surface area contributed by atoms with Gasteiger partial charge in [0.1, 0.15) is 0 Å². The Kier molecular flexibility index (Phi) is 11.1. The molecule has 77 heavy (non-hydrogen) atoms. The minimum atomic E-state index is -0.193. The largest absolute Gasteiger partial charge is 0.313 e. The first-order valence-corrected chi connectivity index (χ1v) is 26.9. The number of rotatable bonds is 7. The highest BCUT2D eigenvalue weighted by Gasteiger charge is 2.35. The molecule has 3 aliphatic rings. The third-order valence-corrected chi connectivity index (χ3v) is 15.7. The number of anilines is 8. The van der Waals surface area contributed by atoms with E-state index < -0.39 is 0 Å². The SMILES string of the molecule is CC(C)(C)c1cc2c(-c3ccccc3)c(C3=C=C=CC=C3)c3c4cc(c5c(-c6ccccc6)c(-c6ccccc6)c(c1)c2c35)N(c1ccccc1)c1cccc(c1)N(c1ccccc1)c1cccc(c1)N4C1=CC=CCC1. The maximum absolute atomic E-state index is 3.74. The number of nitrogens with zero attached hydrogens (tertiary/aromatic N) is 3. The van der Waals surface area contributed by atoms with Crippen molar-refractivity contribution in [1.29, 1.82) is 0 Å². The Morgan fingerprint density at radius 2 is 0.870 bits per heavy atom. The van der Waals surface area contributed by atoms with Crippen molar-refractivity contribution in [2.45, 2.75) is 39.0 Å². The van der Waals surface area contributed by atoms with Gasteiger partial charge in [0.2, 0.25) is 0 Å². The molecule has 14 rings (SSSR count). The quantitative estimate of drug-likeness (QED) is 0.116. The molecule has 366 valence electrons. The second-order valence-electron chi connectivity index (χ2n) is 21.4. The van der Waals surface area contributed by atoms with Crippen LogP contribution in [0.4, 0.5) is 45.5 Å².